The van der Waals surface area contributed by atoms with Crippen molar-refractivity contribution in [3.63, 3.8) is 0 Å². The van der Waals surface area contributed by atoms with Crippen LogP contribution in [0.15, 0.2) is 0 Å². The molecule has 0 nitrogen and oxygen atoms in total. The average Bonchev–Trinajstić information content (AvgIpc) is 2.12. The van der Waals surface area contributed by atoms with Crippen LogP contribution in [0.5, 0.6) is 0 Å². The topological polar surface area (TPSA) is 0 Å². The van der Waals surface area contributed by atoms with E-state index in [1.807, 2.05) is 0 Å². The Kier molecular flexibility index (Phi) is 8.11. The zero-order valence-corrected chi connectivity index (χ0v) is 9.53. The van der Waals surface area contributed by atoms with Gasteiger partial charge >= 0.3 is 0 Å². The van der Waals surface area contributed by atoms with Gasteiger partial charge in [-0.2, -0.15) is 0 Å². The number of hydrogen-bond acceptors (Lipinski definition) is 0. The van der Waals surface area contributed by atoms with E-state index >= 15 is 0 Å². The summed E-state index contributed by atoms with van der Waals surface area (Å²) in [6, 6.07) is 0. The first kappa shape index (κ1) is 12.3. The van der Waals surface area contributed by atoms with Gasteiger partial charge in [0.1, 0.15) is 0 Å². The van der Waals surface area contributed by atoms with Gasteiger partial charge in [0.2, 0.25) is 0 Å². The van der Waals surface area contributed by atoms with Crippen molar-refractivity contribution in [2.45, 2.75) is 52.9 Å². The molecule has 0 heterocycles. The molecule has 0 N–H and O–H groups in total. The predicted molar refractivity (Wildman–Crippen MR) is 57.8 cm³/mol. The van der Waals surface area contributed by atoms with Crippen molar-refractivity contribution in [1.82, 2.24) is 0 Å². The Hall–Kier alpha value is 0.290. The molecule has 0 radical (unpaired) electrons. The largest absolute Gasteiger partial charge is 0.126 e. The summed E-state index contributed by atoms with van der Waals surface area (Å²) in [5, 5.41) is 0. The smallest absolute Gasteiger partial charge is 0.0251 e. The molecule has 0 aliphatic carbocycles. The number of rotatable bonds is 7. The normalized spacial score (nSPS) is 13.8. The van der Waals surface area contributed by atoms with Gasteiger partial charge in [-0.05, 0) is 24.7 Å². The number of halogens is 1. The van der Waals surface area contributed by atoms with Gasteiger partial charge in [-0.3, -0.25) is 0 Å². The Morgan fingerprint density at radius 1 is 1.00 bits per heavy atom. The maximum absolute atomic E-state index is 5.90. The van der Waals surface area contributed by atoms with Gasteiger partial charge in [0, 0.05) is 5.88 Å². The van der Waals surface area contributed by atoms with Crippen LogP contribution in [0.2, 0.25) is 0 Å². The molecule has 0 aliphatic heterocycles. The molecule has 74 valence electrons. The second-order valence-corrected chi connectivity index (χ2v) is 4.04. The maximum Gasteiger partial charge on any atom is 0.0251 e. The summed E-state index contributed by atoms with van der Waals surface area (Å²) in [5.74, 6) is 2.52. The molecular weight excluding hydrogens is 168 g/mol. The van der Waals surface area contributed by atoms with E-state index < -0.39 is 0 Å². The maximum atomic E-state index is 5.90. The van der Waals surface area contributed by atoms with Crippen LogP contribution in [0.3, 0.4) is 0 Å². The molecule has 0 rings (SSSR count). The van der Waals surface area contributed by atoms with E-state index in [0.29, 0.717) is 0 Å². The lowest BCUT2D eigenvalue weighted by atomic mass is 9.89. The lowest BCUT2D eigenvalue weighted by molar-refractivity contribution is 0.357. The van der Waals surface area contributed by atoms with Gasteiger partial charge in [0.05, 0.1) is 0 Å². The van der Waals surface area contributed by atoms with E-state index in [-0.39, 0.29) is 0 Å². The summed E-state index contributed by atoms with van der Waals surface area (Å²) in [5.41, 5.74) is 0. The van der Waals surface area contributed by atoms with E-state index in [0.717, 1.165) is 17.7 Å². The van der Waals surface area contributed by atoms with E-state index in [4.69, 9.17) is 11.6 Å². The van der Waals surface area contributed by atoms with E-state index in [2.05, 4.69) is 20.8 Å². The molecule has 0 aromatic carbocycles. The van der Waals surface area contributed by atoms with E-state index in [1.54, 1.807) is 0 Å². The molecule has 0 aromatic rings. The predicted octanol–water partition coefficient (Wildman–Crippen LogP) is 4.47. The first-order chi connectivity index (χ1) is 5.78. The van der Waals surface area contributed by atoms with Gasteiger partial charge in [-0.25, -0.2) is 0 Å². The first-order valence-electron chi connectivity index (χ1n) is 5.34. The summed E-state index contributed by atoms with van der Waals surface area (Å²) in [6.07, 6.45) is 6.54. The minimum Gasteiger partial charge on any atom is -0.126 e. The minimum atomic E-state index is 0.765. The van der Waals surface area contributed by atoms with Crippen LogP contribution < -0.4 is 0 Å². The van der Waals surface area contributed by atoms with Crippen LogP contribution in [0, 0.1) is 11.8 Å². The third kappa shape index (κ3) is 5.03. The number of hydrogen-bond donors (Lipinski definition) is 0. The molecular formula is C11H23Cl. The fourth-order valence-electron chi connectivity index (χ4n) is 1.76. The Balaban J connectivity index is 3.65. The molecule has 1 unspecified atom stereocenters. The first-order valence-corrected chi connectivity index (χ1v) is 5.87. The van der Waals surface area contributed by atoms with Crippen LogP contribution in [0.4, 0.5) is 0 Å². The van der Waals surface area contributed by atoms with Gasteiger partial charge in [0.15, 0.2) is 0 Å². The third-order valence-electron chi connectivity index (χ3n) is 2.74. The van der Waals surface area contributed by atoms with Gasteiger partial charge < -0.3 is 0 Å². The Bertz CT molecular complexity index is 87.0. The molecule has 0 spiro atoms. The van der Waals surface area contributed by atoms with Crippen molar-refractivity contribution in [1.29, 1.82) is 0 Å². The van der Waals surface area contributed by atoms with Gasteiger partial charge in [0.25, 0.3) is 0 Å². The van der Waals surface area contributed by atoms with Crippen LogP contribution in [0.1, 0.15) is 52.9 Å². The van der Waals surface area contributed by atoms with Crippen molar-refractivity contribution in [2.75, 3.05) is 5.88 Å². The second kappa shape index (κ2) is 7.91. The molecule has 1 heteroatoms. The fraction of sp³-hybridized carbons (Fsp3) is 1.00. The van der Waals surface area contributed by atoms with E-state index in [1.165, 1.54) is 32.1 Å². The molecule has 1 atom stereocenters. The van der Waals surface area contributed by atoms with Gasteiger partial charge in [-0.15, -0.1) is 11.6 Å². The zero-order chi connectivity index (χ0) is 9.40. The molecule has 0 saturated carbocycles. The van der Waals surface area contributed by atoms with Crippen molar-refractivity contribution >= 4 is 11.6 Å². The quantitative estimate of drug-likeness (QED) is 0.520. The SMILES string of the molecule is CCCC(CCl)CC(CC)CC. The summed E-state index contributed by atoms with van der Waals surface area (Å²) < 4.78 is 0. The molecule has 0 saturated heterocycles. The highest BCUT2D eigenvalue weighted by atomic mass is 35.5. The summed E-state index contributed by atoms with van der Waals surface area (Å²) in [7, 11) is 0. The lowest BCUT2D eigenvalue weighted by Gasteiger charge is -2.19. The molecule has 12 heavy (non-hydrogen) atoms. The zero-order valence-electron chi connectivity index (χ0n) is 8.78. The molecule has 0 aliphatic rings. The van der Waals surface area contributed by atoms with Crippen molar-refractivity contribution in [2.24, 2.45) is 11.8 Å². The lowest BCUT2D eigenvalue weighted by Crippen LogP contribution is -2.09. The highest BCUT2D eigenvalue weighted by Crippen LogP contribution is 2.23. The van der Waals surface area contributed by atoms with E-state index in [9.17, 15) is 0 Å². The van der Waals surface area contributed by atoms with Gasteiger partial charge in [-0.1, -0.05) is 40.0 Å². The molecule has 0 aromatic heterocycles. The van der Waals surface area contributed by atoms with Crippen LogP contribution in [-0.2, 0) is 0 Å². The Morgan fingerprint density at radius 2 is 1.58 bits per heavy atom. The number of alkyl halides is 1. The van der Waals surface area contributed by atoms with Crippen molar-refractivity contribution in [3.05, 3.63) is 0 Å². The Labute approximate surface area is 82.7 Å². The van der Waals surface area contributed by atoms with Crippen LogP contribution in [0.25, 0.3) is 0 Å². The fourth-order valence-corrected chi connectivity index (χ4v) is 2.04. The highest BCUT2D eigenvalue weighted by Gasteiger charge is 2.11. The van der Waals surface area contributed by atoms with Crippen LogP contribution in [-0.4, -0.2) is 5.88 Å². The molecule has 0 amide bonds. The Morgan fingerprint density at radius 3 is 1.92 bits per heavy atom. The minimum absolute atomic E-state index is 0.765. The highest BCUT2D eigenvalue weighted by molar-refractivity contribution is 6.18. The molecule has 0 fully saturated rings. The van der Waals surface area contributed by atoms with Crippen molar-refractivity contribution in [3.8, 4) is 0 Å². The van der Waals surface area contributed by atoms with Crippen LogP contribution >= 0.6 is 11.6 Å². The summed E-state index contributed by atoms with van der Waals surface area (Å²) in [4.78, 5) is 0. The third-order valence-corrected chi connectivity index (χ3v) is 3.17. The average molecular weight is 191 g/mol. The summed E-state index contributed by atoms with van der Waals surface area (Å²) in [6.45, 7) is 6.81. The second-order valence-electron chi connectivity index (χ2n) is 3.73. The van der Waals surface area contributed by atoms with Crippen molar-refractivity contribution < 1.29 is 0 Å². The standard InChI is InChI=1S/C11H23Cl/c1-4-7-11(9-12)8-10(5-2)6-3/h10-11H,4-9H2,1-3H3. The monoisotopic (exact) mass is 190 g/mol. The molecule has 0 bridgehead atoms. The summed E-state index contributed by atoms with van der Waals surface area (Å²) >= 11 is 5.90.